The summed E-state index contributed by atoms with van der Waals surface area (Å²) in [7, 11) is 1.93. The third-order valence-electron chi connectivity index (χ3n) is 2.80. The van der Waals surface area contributed by atoms with E-state index in [0.717, 1.165) is 12.3 Å². The Bertz CT molecular complexity index is 320. The Morgan fingerprint density at radius 1 is 1.71 bits per heavy atom. The van der Waals surface area contributed by atoms with Gasteiger partial charge < -0.3 is 9.52 Å². The molecule has 14 heavy (non-hydrogen) atoms. The Labute approximate surface area is 82.1 Å². The molecule has 0 aliphatic carbocycles. The Morgan fingerprint density at radius 3 is 3.07 bits per heavy atom. The first kappa shape index (κ1) is 9.27. The number of rotatable bonds is 2. The van der Waals surface area contributed by atoms with Gasteiger partial charge in [-0.2, -0.15) is 0 Å². The molecule has 2 rings (SSSR count). The molecular formula is C10H13NO3. The first-order chi connectivity index (χ1) is 6.70. The third-order valence-corrected chi connectivity index (χ3v) is 2.80. The number of furan rings is 1. The summed E-state index contributed by atoms with van der Waals surface area (Å²) in [5, 5.41) is 9.03. The lowest BCUT2D eigenvalue weighted by molar-refractivity contribution is -0.142. The van der Waals surface area contributed by atoms with Crippen molar-refractivity contribution in [2.24, 2.45) is 5.92 Å². The highest BCUT2D eigenvalue weighted by molar-refractivity contribution is 5.71. The van der Waals surface area contributed by atoms with Crippen LogP contribution < -0.4 is 0 Å². The first-order valence-electron chi connectivity index (χ1n) is 4.66. The molecule has 76 valence electrons. The van der Waals surface area contributed by atoms with Gasteiger partial charge in [-0.15, -0.1) is 0 Å². The molecule has 4 heteroatoms. The minimum atomic E-state index is -0.740. The van der Waals surface area contributed by atoms with Gasteiger partial charge in [0.05, 0.1) is 18.2 Å². The number of aliphatic carboxylic acids is 1. The normalized spacial score (nSPS) is 28.1. The van der Waals surface area contributed by atoms with Crippen LogP contribution in [0.5, 0.6) is 0 Å². The van der Waals surface area contributed by atoms with Gasteiger partial charge in [0.25, 0.3) is 0 Å². The molecule has 4 nitrogen and oxygen atoms in total. The van der Waals surface area contributed by atoms with Crippen LogP contribution in [0, 0.1) is 5.92 Å². The van der Waals surface area contributed by atoms with Gasteiger partial charge in [-0.25, -0.2) is 0 Å². The number of carbonyl (C=O) groups is 1. The molecule has 0 bridgehead atoms. The summed E-state index contributed by atoms with van der Waals surface area (Å²) in [6.45, 7) is 0.808. The molecule has 0 radical (unpaired) electrons. The van der Waals surface area contributed by atoms with E-state index in [2.05, 4.69) is 0 Å². The Hall–Kier alpha value is -1.29. The van der Waals surface area contributed by atoms with Gasteiger partial charge in [0, 0.05) is 0 Å². The second-order valence-corrected chi connectivity index (χ2v) is 3.67. The molecule has 1 fully saturated rings. The van der Waals surface area contributed by atoms with E-state index in [9.17, 15) is 4.79 Å². The van der Waals surface area contributed by atoms with Crippen LogP contribution in [0.2, 0.25) is 0 Å². The minimum absolute atomic E-state index is 0.109. The van der Waals surface area contributed by atoms with Crippen molar-refractivity contribution in [2.75, 3.05) is 13.6 Å². The predicted octanol–water partition coefficient (Wildman–Crippen LogP) is 1.36. The van der Waals surface area contributed by atoms with E-state index in [1.807, 2.05) is 18.0 Å². The van der Waals surface area contributed by atoms with Gasteiger partial charge in [-0.3, -0.25) is 9.69 Å². The number of hydrogen-bond acceptors (Lipinski definition) is 3. The fraction of sp³-hybridized carbons (Fsp3) is 0.500. The van der Waals surface area contributed by atoms with Crippen molar-refractivity contribution in [1.29, 1.82) is 0 Å². The van der Waals surface area contributed by atoms with Crippen LogP contribution in [0.15, 0.2) is 22.8 Å². The highest BCUT2D eigenvalue weighted by Crippen LogP contribution is 2.36. The lowest BCUT2D eigenvalue weighted by Crippen LogP contribution is -2.24. The van der Waals surface area contributed by atoms with Crippen molar-refractivity contribution in [2.45, 2.75) is 12.5 Å². The summed E-state index contributed by atoms with van der Waals surface area (Å²) >= 11 is 0. The lowest BCUT2D eigenvalue weighted by Gasteiger charge is -2.20. The van der Waals surface area contributed by atoms with Gasteiger partial charge in [-0.1, -0.05) is 0 Å². The summed E-state index contributed by atoms with van der Waals surface area (Å²) in [5.74, 6) is -0.334. The standard InChI is InChI=1S/C10H13NO3/c1-11-5-4-7(10(12)13)9(11)8-3-2-6-14-8/h2-3,6-7,9H,4-5H2,1H3,(H,12,13). The molecule has 1 aliphatic heterocycles. The monoisotopic (exact) mass is 195 g/mol. The maximum absolute atomic E-state index is 11.0. The number of likely N-dealkylation sites (tertiary alicyclic amines) is 1. The van der Waals surface area contributed by atoms with Crippen molar-refractivity contribution >= 4 is 5.97 Å². The van der Waals surface area contributed by atoms with Crippen LogP contribution in [0.3, 0.4) is 0 Å². The largest absolute Gasteiger partial charge is 0.481 e. The molecule has 2 atom stereocenters. The molecule has 1 aliphatic rings. The second-order valence-electron chi connectivity index (χ2n) is 3.67. The fourth-order valence-corrected chi connectivity index (χ4v) is 2.08. The Kier molecular flexibility index (Phi) is 2.29. The van der Waals surface area contributed by atoms with E-state index in [-0.39, 0.29) is 12.0 Å². The lowest BCUT2D eigenvalue weighted by atomic mass is 9.99. The molecule has 2 heterocycles. The van der Waals surface area contributed by atoms with Gasteiger partial charge in [-0.05, 0) is 32.1 Å². The molecule has 1 aromatic rings. The first-order valence-corrected chi connectivity index (χ1v) is 4.66. The number of carboxylic acid groups (broad SMARTS) is 1. The molecule has 0 amide bonds. The summed E-state index contributed by atoms with van der Waals surface area (Å²) in [5.41, 5.74) is 0. The van der Waals surface area contributed by atoms with E-state index in [4.69, 9.17) is 9.52 Å². The smallest absolute Gasteiger partial charge is 0.308 e. The van der Waals surface area contributed by atoms with Gasteiger partial charge in [0.15, 0.2) is 0 Å². The Balaban J connectivity index is 2.26. The van der Waals surface area contributed by atoms with Gasteiger partial charge in [0.2, 0.25) is 0 Å². The molecule has 0 spiro atoms. The van der Waals surface area contributed by atoms with Crippen molar-refractivity contribution in [3.63, 3.8) is 0 Å². The molecule has 1 aromatic heterocycles. The molecule has 1 N–H and O–H groups in total. The van der Waals surface area contributed by atoms with Crippen molar-refractivity contribution in [1.82, 2.24) is 4.90 Å². The van der Waals surface area contributed by atoms with Crippen LogP contribution in [0.1, 0.15) is 18.2 Å². The highest BCUT2D eigenvalue weighted by atomic mass is 16.4. The van der Waals surface area contributed by atoms with Crippen molar-refractivity contribution < 1.29 is 14.3 Å². The molecule has 0 aromatic carbocycles. The van der Waals surface area contributed by atoms with Crippen LogP contribution in [0.25, 0.3) is 0 Å². The van der Waals surface area contributed by atoms with Gasteiger partial charge in [0.1, 0.15) is 5.76 Å². The summed E-state index contributed by atoms with van der Waals surface area (Å²) in [6, 6.07) is 3.52. The summed E-state index contributed by atoms with van der Waals surface area (Å²) in [6.07, 6.45) is 2.28. The van der Waals surface area contributed by atoms with Crippen LogP contribution >= 0.6 is 0 Å². The SMILES string of the molecule is CN1CCC(C(=O)O)C1c1ccco1. The van der Waals surface area contributed by atoms with Crippen molar-refractivity contribution in [3.05, 3.63) is 24.2 Å². The molecule has 1 saturated heterocycles. The van der Waals surface area contributed by atoms with Crippen LogP contribution in [-0.4, -0.2) is 29.6 Å². The number of carboxylic acids is 1. The summed E-state index contributed by atoms with van der Waals surface area (Å²) in [4.78, 5) is 13.0. The van der Waals surface area contributed by atoms with E-state index < -0.39 is 5.97 Å². The van der Waals surface area contributed by atoms with E-state index in [1.165, 1.54) is 0 Å². The molecule has 0 saturated carbocycles. The van der Waals surface area contributed by atoms with E-state index in [1.54, 1.807) is 12.3 Å². The maximum Gasteiger partial charge on any atom is 0.308 e. The zero-order chi connectivity index (χ0) is 10.1. The molecule has 2 unspecified atom stereocenters. The topological polar surface area (TPSA) is 53.7 Å². The third kappa shape index (κ3) is 1.42. The highest BCUT2D eigenvalue weighted by Gasteiger charge is 2.39. The Morgan fingerprint density at radius 2 is 2.50 bits per heavy atom. The van der Waals surface area contributed by atoms with E-state index >= 15 is 0 Å². The second kappa shape index (κ2) is 3.46. The zero-order valence-electron chi connectivity index (χ0n) is 8.01. The van der Waals surface area contributed by atoms with Crippen LogP contribution in [-0.2, 0) is 4.79 Å². The van der Waals surface area contributed by atoms with E-state index in [0.29, 0.717) is 6.42 Å². The number of nitrogens with zero attached hydrogens (tertiary/aromatic N) is 1. The quantitative estimate of drug-likeness (QED) is 0.774. The molecular weight excluding hydrogens is 182 g/mol. The minimum Gasteiger partial charge on any atom is -0.481 e. The number of hydrogen-bond donors (Lipinski definition) is 1. The zero-order valence-corrected chi connectivity index (χ0v) is 8.01. The van der Waals surface area contributed by atoms with Crippen molar-refractivity contribution in [3.8, 4) is 0 Å². The fourth-order valence-electron chi connectivity index (χ4n) is 2.08. The average molecular weight is 195 g/mol. The van der Waals surface area contributed by atoms with Gasteiger partial charge >= 0.3 is 5.97 Å². The summed E-state index contributed by atoms with van der Waals surface area (Å²) < 4.78 is 5.26. The average Bonchev–Trinajstić information content (AvgIpc) is 2.71. The predicted molar refractivity (Wildman–Crippen MR) is 49.8 cm³/mol. The van der Waals surface area contributed by atoms with Crippen LogP contribution in [0.4, 0.5) is 0 Å². The maximum atomic E-state index is 11.0.